The molecular weight excluding hydrogens is 480 g/mol. The molecule has 0 aromatic heterocycles. The maximum absolute atomic E-state index is 13.4. The Morgan fingerprint density at radius 3 is 2.45 bits per heavy atom. The summed E-state index contributed by atoms with van der Waals surface area (Å²) in [6, 6.07) is 16.0. The van der Waals surface area contributed by atoms with Gasteiger partial charge < -0.3 is 9.47 Å². The molecule has 1 aliphatic rings. The summed E-state index contributed by atoms with van der Waals surface area (Å²) in [5.74, 6) is -0.452. The highest BCUT2D eigenvalue weighted by Gasteiger charge is 2.37. The predicted molar refractivity (Wildman–Crippen MR) is 147 cm³/mol. The van der Waals surface area contributed by atoms with E-state index in [0.717, 1.165) is 32.7 Å². The van der Waals surface area contributed by atoms with E-state index < -0.39 is 17.8 Å². The molecule has 0 spiro atoms. The van der Waals surface area contributed by atoms with Gasteiger partial charge in [-0.05, 0) is 79.8 Å². The first kappa shape index (κ1) is 26.4. The van der Waals surface area contributed by atoms with Crippen molar-refractivity contribution in [2.24, 2.45) is 0 Å². The number of carbonyl (C=O) groups excluding carboxylic acids is 3. The van der Waals surface area contributed by atoms with Crippen LogP contribution < -0.4 is 19.7 Å². The molecule has 1 heterocycles. The molecule has 3 aromatic rings. The van der Waals surface area contributed by atoms with Gasteiger partial charge in [0.05, 0.1) is 12.8 Å². The summed E-state index contributed by atoms with van der Waals surface area (Å²) in [6.07, 6.45) is 3.67. The van der Waals surface area contributed by atoms with Crippen LogP contribution in [0.4, 0.5) is 10.5 Å². The minimum absolute atomic E-state index is 0.164. The van der Waals surface area contributed by atoms with Gasteiger partial charge in [0.2, 0.25) is 0 Å². The lowest BCUT2D eigenvalue weighted by Gasteiger charge is -2.27. The minimum Gasteiger partial charge on any atom is -0.493 e. The average molecular weight is 511 g/mol. The Hall–Kier alpha value is -4.65. The Balaban J connectivity index is 1.70. The minimum atomic E-state index is -0.787. The molecule has 1 N–H and O–H groups in total. The van der Waals surface area contributed by atoms with Crippen LogP contribution in [0.1, 0.15) is 33.4 Å². The van der Waals surface area contributed by atoms with Gasteiger partial charge in [-0.15, -0.1) is 6.58 Å². The fourth-order valence-electron chi connectivity index (χ4n) is 4.27. The van der Waals surface area contributed by atoms with E-state index in [4.69, 9.17) is 9.47 Å². The zero-order chi connectivity index (χ0) is 27.4. The third kappa shape index (κ3) is 5.52. The van der Waals surface area contributed by atoms with Crippen LogP contribution >= 0.6 is 0 Å². The summed E-state index contributed by atoms with van der Waals surface area (Å²) >= 11 is 0. The smallest absolute Gasteiger partial charge is 0.335 e. The lowest BCUT2D eigenvalue weighted by atomic mass is 10.0. The maximum Gasteiger partial charge on any atom is 0.335 e. The van der Waals surface area contributed by atoms with Gasteiger partial charge in [-0.1, -0.05) is 42.0 Å². The molecule has 4 amide bonds. The van der Waals surface area contributed by atoms with E-state index in [-0.39, 0.29) is 5.57 Å². The second-order valence-corrected chi connectivity index (χ2v) is 9.21. The predicted octanol–water partition coefficient (Wildman–Crippen LogP) is 5.59. The van der Waals surface area contributed by atoms with Crippen molar-refractivity contribution in [2.45, 2.75) is 33.8 Å². The third-order valence-electron chi connectivity index (χ3n) is 6.37. The van der Waals surface area contributed by atoms with Crippen LogP contribution in [-0.4, -0.2) is 25.0 Å². The largest absolute Gasteiger partial charge is 0.493 e. The number of benzene rings is 3. The molecule has 0 radical (unpaired) electrons. The number of rotatable bonds is 8. The Kier molecular flexibility index (Phi) is 7.76. The number of amides is 4. The molecule has 3 aromatic carbocycles. The quantitative estimate of drug-likeness (QED) is 0.242. The maximum atomic E-state index is 13.4. The highest BCUT2D eigenvalue weighted by atomic mass is 16.5. The summed E-state index contributed by atoms with van der Waals surface area (Å²) in [6.45, 7) is 10.0. The van der Waals surface area contributed by atoms with Crippen molar-refractivity contribution in [1.82, 2.24) is 5.32 Å². The van der Waals surface area contributed by atoms with Gasteiger partial charge in [0.25, 0.3) is 11.8 Å². The fraction of sp³-hybridized carbons (Fsp3) is 0.194. The molecule has 7 heteroatoms. The molecule has 7 nitrogen and oxygen atoms in total. The number of carbonyl (C=O) groups is 3. The zero-order valence-electron chi connectivity index (χ0n) is 22.0. The van der Waals surface area contributed by atoms with Crippen LogP contribution in [0.2, 0.25) is 0 Å². The molecule has 1 saturated heterocycles. The standard InChI is InChI=1S/C31H30N2O5/c1-6-8-24-15-23(17-27(37-5)28(24)38-18-22-10-7-9-19(2)13-22)16-26-29(34)32-31(36)33(30(26)35)25-12-11-20(3)21(4)14-25/h6-7,9-17H,1,8,18H2,2-5H3,(H,32,34,36)/b26-16+. The van der Waals surface area contributed by atoms with Gasteiger partial charge in [-0.3, -0.25) is 14.9 Å². The number of imide groups is 2. The van der Waals surface area contributed by atoms with Crippen molar-refractivity contribution in [3.8, 4) is 11.5 Å². The van der Waals surface area contributed by atoms with Crippen molar-refractivity contribution in [2.75, 3.05) is 12.0 Å². The Labute approximate surface area is 222 Å². The summed E-state index contributed by atoms with van der Waals surface area (Å²) in [5, 5.41) is 2.27. The Morgan fingerprint density at radius 1 is 0.974 bits per heavy atom. The molecule has 1 aliphatic heterocycles. The number of aryl methyl sites for hydroxylation is 3. The lowest BCUT2D eigenvalue weighted by molar-refractivity contribution is -0.122. The average Bonchev–Trinajstić information content (AvgIpc) is 2.87. The molecule has 0 aliphatic carbocycles. The molecule has 38 heavy (non-hydrogen) atoms. The van der Waals surface area contributed by atoms with Gasteiger partial charge in [-0.25, -0.2) is 9.69 Å². The zero-order valence-corrected chi connectivity index (χ0v) is 22.0. The van der Waals surface area contributed by atoms with Crippen molar-refractivity contribution in [3.63, 3.8) is 0 Å². The van der Waals surface area contributed by atoms with Gasteiger partial charge >= 0.3 is 6.03 Å². The van der Waals surface area contributed by atoms with Crippen molar-refractivity contribution in [1.29, 1.82) is 0 Å². The summed E-state index contributed by atoms with van der Waals surface area (Å²) < 4.78 is 11.8. The van der Waals surface area contributed by atoms with E-state index in [1.54, 1.807) is 24.3 Å². The number of nitrogens with one attached hydrogen (secondary N) is 1. The van der Waals surface area contributed by atoms with E-state index in [0.29, 0.717) is 35.8 Å². The topological polar surface area (TPSA) is 84.9 Å². The van der Waals surface area contributed by atoms with E-state index >= 15 is 0 Å². The second kappa shape index (κ2) is 11.2. The Morgan fingerprint density at radius 2 is 1.76 bits per heavy atom. The van der Waals surface area contributed by atoms with Crippen LogP contribution in [0.5, 0.6) is 11.5 Å². The first-order valence-corrected chi connectivity index (χ1v) is 12.2. The third-order valence-corrected chi connectivity index (χ3v) is 6.37. The fourth-order valence-corrected chi connectivity index (χ4v) is 4.27. The van der Waals surface area contributed by atoms with E-state index in [1.165, 1.54) is 13.2 Å². The highest BCUT2D eigenvalue weighted by molar-refractivity contribution is 6.39. The van der Waals surface area contributed by atoms with Crippen molar-refractivity contribution >= 4 is 29.6 Å². The second-order valence-electron chi connectivity index (χ2n) is 9.21. The number of methoxy groups -OCH3 is 1. The normalized spacial score (nSPS) is 14.5. The van der Waals surface area contributed by atoms with Crippen molar-refractivity contribution in [3.05, 3.63) is 106 Å². The van der Waals surface area contributed by atoms with Crippen molar-refractivity contribution < 1.29 is 23.9 Å². The van der Waals surface area contributed by atoms with E-state index in [2.05, 4.69) is 11.9 Å². The molecule has 4 rings (SSSR count). The number of hydrogen-bond acceptors (Lipinski definition) is 5. The number of nitrogens with zero attached hydrogens (tertiary/aromatic N) is 1. The van der Waals surface area contributed by atoms with Crippen LogP contribution in [0.15, 0.2) is 72.8 Å². The molecule has 0 saturated carbocycles. The number of urea groups is 1. The number of anilines is 1. The molecule has 194 valence electrons. The molecule has 0 atom stereocenters. The van der Waals surface area contributed by atoms with Crippen LogP contribution in [0.3, 0.4) is 0 Å². The number of ether oxygens (including phenoxy) is 2. The Bertz CT molecular complexity index is 1470. The van der Waals surface area contributed by atoms with Crippen LogP contribution in [0, 0.1) is 20.8 Å². The summed E-state index contributed by atoms with van der Waals surface area (Å²) in [7, 11) is 1.53. The first-order chi connectivity index (χ1) is 18.2. The van der Waals surface area contributed by atoms with Gasteiger partial charge in [-0.2, -0.15) is 0 Å². The van der Waals surface area contributed by atoms with Gasteiger partial charge in [0.1, 0.15) is 12.2 Å². The SMILES string of the molecule is C=CCc1cc(/C=C2\C(=O)NC(=O)N(c3ccc(C)c(C)c3)C2=O)cc(OC)c1OCc1cccc(C)c1. The van der Waals surface area contributed by atoms with Gasteiger partial charge in [0.15, 0.2) is 11.5 Å². The van der Waals surface area contributed by atoms with Gasteiger partial charge in [0, 0.05) is 5.56 Å². The number of hydrogen-bond donors (Lipinski definition) is 1. The van der Waals surface area contributed by atoms with Crippen LogP contribution in [-0.2, 0) is 22.6 Å². The monoisotopic (exact) mass is 510 g/mol. The van der Waals surface area contributed by atoms with E-state index in [9.17, 15) is 14.4 Å². The highest BCUT2D eigenvalue weighted by Crippen LogP contribution is 2.35. The molecule has 1 fully saturated rings. The number of barbiturate groups is 1. The molecular formula is C31H30N2O5. The molecule has 0 bridgehead atoms. The summed E-state index contributed by atoms with van der Waals surface area (Å²) in [5.41, 5.74) is 5.65. The van der Waals surface area contributed by atoms with E-state index in [1.807, 2.05) is 57.2 Å². The first-order valence-electron chi connectivity index (χ1n) is 12.2. The lowest BCUT2D eigenvalue weighted by Crippen LogP contribution is -2.54. The summed E-state index contributed by atoms with van der Waals surface area (Å²) in [4.78, 5) is 39.7. The molecule has 0 unspecified atom stereocenters. The van der Waals surface area contributed by atoms with Crippen LogP contribution in [0.25, 0.3) is 6.08 Å². The number of allylic oxidation sites excluding steroid dienone is 1.